The molecule has 1 saturated carbocycles. The van der Waals surface area contributed by atoms with Crippen molar-refractivity contribution in [2.24, 2.45) is 5.73 Å². The number of aryl methyl sites for hydroxylation is 1. The number of carbonyl (C=O) groups excluding carboxylic acids is 1. The molecule has 1 aliphatic rings. The first kappa shape index (κ1) is 21.2. The summed E-state index contributed by atoms with van der Waals surface area (Å²) in [4.78, 5) is 12.5. The van der Waals surface area contributed by atoms with Crippen LogP contribution in [0.15, 0.2) is 30.5 Å². The van der Waals surface area contributed by atoms with Crippen molar-refractivity contribution in [2.45, 2.75) is 50.9 Å². The number of alkyl halides is 3. The highest BCUT2D eigenvalue weighted by molar-refractivity contribution is 5.95. The highest BCUT2D eigenvalue weighted by atomic mass is 35.5. The van der Waals surface area contributed by atoms with Crippen LogP contribution < -0.4 is 11.1 Å². The van der Waals surface area contributed by atoms with E-state index in [9.17, 15) is 18.0 Å². The lowest BCUT2D eigenvalue weighted by molar-refractivity contribution is -0.143. The maximum Gasteiger partial charge on any atom is 0.434 e. The van der Waals surface area contributed by atoms with Gasteiger partial charge in [-0.25, -0.2) is 4.68 Å². The van der Waals surface area contributed by atoms with Crippen LogP contribution in [0.2, 0.25) is 0 Å². The van der Waals surface area contributed by atoms with Crippen LogP contribution in [0.5, 0.6) is 0 Å². The first-order valence-corrected chi connectivity index (χ1v) is 8.55. The van der Waals surface area contributed by atoms with E-state index in [2.05, 4.69) is 10.4 Å². The fraction of sp³-hybridized carbons (Fsp3) is 0.444. The van der Waals surface area contributed by atoms with E-state index in [1.165, 1.54) is 0 Å². The van der Waals surface area contributed by atoms with Gasteiger partial charge in [0.25, 0.3) is 5.91 Å². The number of hydrogen-bond acceptors (Lipinski definition) is 3. The molecule has 5 nitrogen and oxygen atoms in total. The molecule has 1 amide bonds. The van der Waals surface area contributed by atoms with Crippen molar-refractivity contribution in [2.75, 3.05) is 0 Å². The van der Waals surface area contributed by atoms with Gasteiger partial charge in [-0.05, 0) is 44.2 Å². The molecule has 3 rings (SSSR count). The summed E-state index contributed by atoms with van der Waals surface area (Å²) >= 11 is 0. The first-order chi connectivity index (χ1) is 12.3. The summed E-state index contributed by atoms with van der Waals surface area (Å²) in [6.45, 7) is 1.70. The van der Waals surface area contributed by atoms with Crippen molar-refractivity contribution in [3.05, 3.63) is 47.3 Å². The standard InChI is InChI=1S/C18H21F3N4O.ClH/c1-11-4-2-3-5-15(11)25-16(18(19,20)21)14(10-23-25)17(26)24-13-8-6-12(22)7-9-13;/h2-5,10,12-13H,6-9,22H2,1H3,(H,24,26);1H. The molecule has 0 spiro atoms. The van der Waals surface area contributed by atoms with E-state index in [0.717, 1.165) is 23.7 Å². The normalized spacial score (nSPS) is 20.0. The minimum atomic E-state index is -4.71. The summed E-state index contributed by atoms with van der Waals surface area (Å²) in [5.41, 5.74) is 5.23. The van der Waals surface area contributed by atoms with E-state index in [1.807, 2.05) is 0 Å². The smallest absolute Gasteiger partial charge is 0.349 e. The lowest BCUT2D eigenvalue weighted by atomic mass is 9.91. The van der Waals surface area contributed by atoms with Gasteiger partial charge in [0.2, 0.25) is 0 Å². The molecule has 1 aromatic carbocycles. The maximum absolute atomic E-state index is 13.7. The molecule has 3 N–H and O–H groups in total. The van der Waals surface area contributed by atoms with Crippen molar-refractivity contribution >= 4 is 18.3 Å². The Hall–Kier alpha value is -2.06. The Balaban J connectivity index is 0.00000261. The molecule has 0 saturated heterocycles. The van der Waals surface area contributed by atoms with Gasteiger partial charge in [0.1, 0.15) is 0 Å². The van der Waals surface area contributed by atoms with Crippen LogP contribution in [0.25, 0.3) is 5.69 Å². The molecule has 27 heavy (non-hydrogen) atoms. The Morgan fingerprint density at radius 1 is 1.22 bits per heavy atom. The summed E-state index contributed by atoms with van der Waals surface area (Å²) < 4.78 is 41.9. The zero-order chi connectivity index (χ0) is 18.9. The minimum absolute atomic E-state index is 0. The summed E-state index contributed by atoms with van der Waals surface area (Å²) in [6, 6.07) is 6.54. The topological polar surface area (TPSA) is 72.9 Å². The van der Waals surface area contributed by atoms with Crippen molar-refractivity contribution in [3.63, 3.8) is 0 Å². The van der Waals surface area contributed by atoms with Crippen molar-refractivity contribution in [1.82, 2.24) is 15.1 Å². The third kappa shape index (κ3) is 4.62. The Bertz CT molecular complexity index is 798. The van der Waals surface area contributed by atoms with E-state index < -0.39 is 23.3 Å². The predicted molar refractivity (Wildman–Crippen MR) is 98.2 cm³/mol. The van der Waals surface area contributed by atoms with Gasteiger partial charge in [0.05, 0.1) is 17.4 Å². The quantitative estimate of drug-likeness (QED) is 0.823. The van der Waals surface area contributed by atoms with Gasteiger partial charge in [-0.1, -0.05) is 18.2 Å². The van der Waals surface area contributed by atoms with Crippen molar-refractivity contribution < 1.29 is 18.0 Å². The van der Waals surface area contributed by atoms with Crippen LogP contribution in [0.4, 0.5) is 13.2 Å². The number of para-hydroxylation sites is 1. The van der Waals surface area contributed by atoms with Crippen molar-refractivity contribution in [1.29, 1.82) is 0 Å². The van der Waals surface area contributed by atoms with Gasteiger partial charge in [-0.3, -0.25) is 4.79 Å². The average Bonchev–Trinajstić information content (AvgIpc) is 3.02. The Morgan fingerprint density at radius 2 is 1.85 bits per heavy atom. The van der Waals surface area contributed by atoms with Crippen LogP contribution in [-0.4, -0.2) is 27.8 Å². The highest BCUT2D eigenvalue weighted by Gasteiger charge is 2.41. The molecule has 1 aromatic heterocycles. The van der Waals surface area contributed by atoms with Crippen LogP contribution in [0, 0.1) is 6.92 Å². The first-order valence-electron chi connectivity index (χ1n) is 8.55. The number of aromatic nitrogens is 2. The van der Waals surface area contributed by atoms with Crippen LogP contribution in [0.1, 0.15) is 47.3 Å². The van der Waals surface area contributed by atoms with Crippen LogP contribution >= 0.6 is 12.4 Å². The Morgan fingerprint density at radius 3 is 2.44 bits per heavy atom. The second-order valence-corrected chi connectivity index (χ2v) is 6.69. The number of nitrogens with zero attached hydrogens (tertiary/aromatic N) is 2. The molecular formula is C18H22ClF3N4O. The zero-order valence-electron chi connectivity index (χ0n) is 14.8. The number of nitrogens with one attached hydrogen (secondary N) is 1. The lowest BCUT2D eigenvalue weighted by Crippen LogP contribution is -2.41. The van der Waals surface area contributed by atoms with Gasteiger partial charge in [0.15, 0.2) is 5.69 Å². The molecule has 148 valence electrons. The van der Waals surface area contributed by atoms with Gasteiger partial charge in [-0.15, -0.1) is 12.4 Å². The molecule has 9 heteroatoms. The number of rotatable bonds is 3. The molecule has 1 heterocycles. The fourth-order valence-corrected chi connectivity index (χ4v) is 3.30. The molecular weight excluding hydrogens is 381 g/mol. The van der Waals surface area contributed by atoms with Gasteiger partial charge in [0, 0.05) is 12.1 Å². The molecule has 0 radical (unpaired) electrons. The van der Waals surface area contributed by atoms with Gasteiger partial charge in [-0.2, -0.15) is 18.3 Å². The summed E-state index contributed by atoms with van der Waals surface area (Å²) in [5, 5.41) is 6.56. The van der Waals surface area contributed by atoms with E-state index in [4.69, 9.17) is 5.73 Å². The molecule has 1 fully saturated rings. The zero-order valence-corrected chi connectivity index (χ0v) is 15.6. The molecule has 0 bridgehead atoms. The summed E-state index contributed by atoms with van der Waals surface area (Å²) in [6.07, 6.45) is -0.890. The number of amides is 1. The number of carbonyl (C=O) groups is 1. The molecule has 1 aliphatic carbocycles. The number of nitrogens with two attached hydrogens (primary N) is 1. The van der Waals surface area contributed by atoms with Gasteiger partial charge >= 0.3 is 6.18 Å². The largest absolute Gasteiger partial charge is 0.434 e. The SMILES string of the molecule is Cc1ccccc1-n1ncc(C(=O)NC2CCC(N)CC2)c1C(F)(F)F.Cl. The highest BCUT2D eigenvalue weighted by Crippen LogP contribution is 2.34. The molecule has 0 aliphatic heterocycles. The monoisotopic (exact) mass is 402 g/mol. The Kier molecular flexibility index (Phi) is 6.54. The van der Waals surface area contributed by atoms with E-state index in [1.54, 1.807) is 31.2 Å². The number of benzene rings is 1. The van der Waals surface area contributed by atoms with Crippen LogP contribution in [0.3, 0.4) is 0 Å². The molecule has 0 atom stereocenters. The summed E-state index contributed by atoms with van der Waals surface area (Å²) in [5.74, 6) is -0.752. The van der Waals surface area contributed by atoms with Gasteiger partial charge < -0.3 is 11.1 Å². The maximum atomic E-state index is 13.7. The molecule has 0 unspecified atom stereocenters. The average molecular weight is 403 g/mol. The molecule has 2 aromatic rings. The third-order valence-electron chi connectivity index (χ3n) is 4.73. The van der Waals surface area contributed by atoms with Crippen molar-refractivity contribution in [3.8, 4) is 5.69 Å². The second kappa shape index (κ2) is 8.31. The van der Waals surface area contributed by atoms with E-state index in [0.29, 0.717) is 24.1 Å². The van der Waals surface area contributed by atoms with E-state index in [-0.39, 0.29) is 24.5 Å². The Labute approximate surface area is 161 Å². The predicted octanol–water partition coefficient (Wildman–Crippen LogP) is 3.62. The number of hydrogen-bond donors (Lipinski definition) is 2. The van der Waals surface area contributed by atoms with E-state index >= 15 is 0 Å². The minimum Gasteiger partial charge on any atom is -0.349 e. The van der Waals surface area contributed by atoms with Crippen LogP contribution in [-0.2, 0) is 6.18 Å². The number of halogens is 4. The summed E-state index contributed by atoms with van der Waals surface area (Å²) in [7, 11) is 0. The second-order valence-electron chi connectivity index (χ2n) is 6.69. The third-order valence-corrected chi connectivity index (χ3v) is 4.73. The lowest BCUT2D eigenvalue weighted by Gasteiger charge is -2.26. The fourth-order valence-electron chi connectivity index (χ4n) is 3.30.